The number of allylic oxidation sites excluding steroid dienone is 4. The molecule has 0 fully saturated rings. The molecule has 0 saturated heterocycles. The zero-order valence-corrected chi connectivity index (χ0v) is 9.02. The van der Waals surface area contributed by atoms with E-state index in [2.05, 4.69) is 0 Å². The van der Waals surface area contributed by atoms with Crippen LogP contribution in [0.1, 0.15) is 12.0 Å². The number of hydrogen-bond donors (Lipinski definition) is 0. The van der Waals surface area contributed by atoms with E-state index in [1.807, 2.05) is 42.8 Å². The number of rotatable bonds is 1. The van der Waals surface area contributed by atoms with E-state index in [4.69, 9.17) is 23.2 Å². The zero-order valence-electron chi connectivity index (χ0n) is 7.50. The molecule has 0 amide bonds. The molecule has 1 radical (unpaired) electrons. The van der Waals surface area contributed by atoms with Crippen LogP contribution in [0.2, 0.25) is 0 Å². The van der Waals surface area contributed by atoms with Gasteiger partial charge < -0.3 is 0 Å². The van der Waals surface area contributed by atoms with Crippen molar-refractivity contribution in [2.45, 2.75) is 6.42 Å². The van der Waals surface area contributed by atoms with Crippen LogP contribution in [-0.2, 0) is 0 Å². The molecule has 0 N–H and O–H groups in total. The largest absolute Gasteiger partial charge is 0.0830 e. The summed E-state index contributed by atoms with van der Waals surface area (Å²) in [6.07, 6.45) is 4.71. The molecule has 1 aromatic carbocycles. The van der Waals surface area contributed by atoms with E-state index in [1.54, 1.807) is 0 Å². The Morgan fingerprint density at radius 1 is 1.00 bits per heavy atom. The lowest BCUT2D eigenvalue weighted by Gasteiger charge is -2.14. The SMILES string of the molecule is ClC1=C[CH]CC(c2ccccc2)=C1Cl. The van der Waals surface area contributed by atoms with Gasteiger partial charge in [0.15, 0.2) is 0 Å². The third kappa shape index (κ3) is 1.87. The van der Waals surface area contributed by atoms with Gasteiger partial charge in [-0.05, 0) is 24.0 Å². The van der Waals surface area contributed by atoms with E-state index in [9.17, 15) is 0 Å². The summed E-state index contributed by atoms with van der Waals surface area (Å²) >= 11 is 12.1. The summed E-state index contributed by atoms with van der Waals surface area (Å²) in [5.41, 5.74) is 2.24. The lowest BCUT2D eigenvalue weighted by atomic mass is 9.97. The molecule has 1 aromatic rings. The van der Waals surface area contributed by atoms with Crippen molar-refractivity contribution in [2.75, 3.05) is 0 Å². The average Bonchev–Trinajstić information content (AvgIpc) is 2.23. The van der Waals surface area contributed by atoms with Gasteiger partial charge in [-0.2, -0.15) is 0 Å². The highest BCUT2D eigenvalue weighted by Crippen LogP contribution is 2.35. The van der Waals surface area contributed by atoms with Crippen LogP contribution in [0, 0.1) is 6.42 Å². The minimum absolute atomic E-state index is 0.622. The van der Waals surface area contributed by atoms with Gasteiger partial charge in [-0.1, -0.05) is 59.6 Å². The lowest BCUT2D eigenvalue weighted by molar-refractivity contribution is 1.26. The third-order valence-electron chi connectivity index (χ3n) is 2.18. The Labute approximate surface area is 93.8 Å². The quantitative estimate of drug-likeness (QED) is 0.664. The Morgan fingerprint density at radius 3 is 2.43 bits per heavy atom. The third-order valence-corrected chi connectivity index (χ3v) is 3.03. The first-order chi connectivity index (χ1) is 6.79. The molecule has 2 rings (SSSR count). The summed E-state index contributed by atoms with van der Waals surface area (Å²) in [5, 5.41) is 1.29. The van der Waals surface area contributed by atoms with Crippen LogP contribution in [-0.4, -0.2) is 0 Å². The Hall–Kier alpha value is -0.720. The van der Waals surface area contributed by atoms with Crippen LogP contribution in [0.5, 0.6) is 0 Å². The predicted molar refractivity (Wildman–Crippen MR) is 62.1 cm³/mol. The summed E-state index contributed by atoms with van der Waals surface area (Å²) in [6.45, 7) is 0. The molecule has 71 valence electrons. The number of halogens is 2. The van der Waals surface area contributed by atoms with Gasteiger partial charge in [0, 0.05) is 0 Å². The maximum Gasteiger partial charge on any atom is 0.0627 e. The van der Waals surface area contributed by atoms with Crippen molar-refractivity contribution in [1.29, 1.82) is 0 Å². The second kappa shape index (κ2) is 4.20. The second-order valence-corrected chi connectivity index (χ2v) is 3.90. The molecule has 0 atom stereocenters. The van der Waals surface area contributed by atoms with Gasteiger partial charge in [0.05, 0.1) is 10.1 Å². The molecule has 0 aromatic heterocycles. The Kier molecular flexibility index (Phi) is 2.95. The van der Waals surface area contributed by atoms with Crippen molar-refractivity contribution < 1.29 is 0 Å². The first-order valence-corrected chi connectivity index (χ1v) is 5.18. The fraction of sp³-hybridized carbons (Fsp3) is 0.0833. The molecule has 1 aliphatic rings. The van der Waals surface area contributed by atoms with Gasteiger partial charge in [0.25, 0.3) is 0 Å². The summed E-state index contributed by atoms with van der Waals surface area (Å²) in [7, 11) is 0. The summed E-state index contributed by atoms with van der Waals surface area (Å²) in [5.74, 6) is 0. The summed E-state index contributed by atoms with van der Waals surface area (Å²) in [4.78, 5) is 0. The van der Waals surface area contributed by atoms with Crippen LogP contribution in [0.4, 0.5) is 0 Å². The highest BCUT2D eigenvalue weighted by Gasteiger charge is 2.13. The number of benzene rings is 1. The highest BCUT2D eigenvalue weighted by molar-refractivity contribution is 6.46. The monoisotopic (exact) mass is 223 g/mol. The topological polar surface area (TPSA) is 0 Å². The minimum atomic E-state index is 0.622. The van der Waals surface area contributed by atoms with E-state index in [1.165, 1.54) is 0 Å². The van der Waals surface area contributed by atoms with Gasteiger partial charge in [0.2, 0.25) is 0 Å². The molecule has 0 nitrogen and oxygen atoms in total. The predicted octanol–water partition coefficient (Wildman–Crippen LogP) is 4.37. The van der Waals surface area contributed by atoms with E-state index < -0.39 is 0 Å². The molecular formula is C12H9Cl2. The van der Waals surface area contributed by atoms with Crippen molar-refractivity contribution in [3.05, 3.63) is 58.5 Å². The highest BCUT2D eigenvalue weighted by atomic mass is 35.5. The molecule has 0 unspecified atom stereocenters. The molecule has 0 bridgehead atoms. The first-order valence-electron chi connectivity index (χ1n) is 4.42. The molecule has 0 heterocycles. The van der Waals surface area contributed by atoms with Crippen LogP contribution < -0.4 is 0 Å². The van der Waals surface area contributed by atoms with Gasteiger partial charge in [-0.25, -0.2) is 0 Å². The Balaban J connectivity index is 2.44. The Morgan fingerprint density at radius 2 is 1.71 bits per heavy atom. The summed E-state index contributed by atoms with van der Waals surface area (Å²) < 4.78 is 0. The van der Waals surface area contributed by atoms with Gasteiger partial charge in [0.1, 0.15) is 0 Å². The van der Waals surface area contributed by atoms with Crippen molar-refractivity contribution >= 4 is 28.8 Å². The standard InChI is InChI=1S/C12H9Cl2/c13-11-8-4-7-10(12(11)14)9-5-2-1-3-6-9/h1-6,8H,7H2. The zero-order chi connectivity index (χ0) is 9.97. The molecule has 1 aliphatic carbocycles. The molecule has 0 spiro atoms. The first kappa shape index (κ1) is 9.82. The Bertz CT molecular complexity index is 388. The van der Waals surface area contributed by atoms with Crippen LogP contribution in [0.25, 0.3) is 5.57 Å². The molecule has 0 aliphatic heterocycles. The van der Waals surface area contributed by atoms with Crippen LogP contribution in [0.3, 0.4) is 0 Å². The maximum atomic E-state index is 6.13. The molecular weight excluding hydrogens is 215 g/mol. The second-order valence-electron chi connectivity index (χ2n) is 3.11. The average molecular weight is 224 g/mol. The molecule has 2 heteroatoms. The van der Waals surface area contributed by atoms with E-state index in [0.717, 1.165) is 17.6 Å². The molecule has 14 heavy (non-hydrogen) atoms. The number of hydrogen-bond acceptors (Lipinski definition) is 0. The van der Waals surface area contributed by atoms with Crippen molar-refractivity contribution in [3.63, 3.8) is 0 Å². The fourth-order valence-corrected chi connectivity index (χ4v) is 1.92. The van der Waals surface area contributed by atoms with E-state index in [0.29, 0.717) is 10.1 Å². The smallest absolute Gasteiger partial charge is 0.0627 e. The van der Waals surface area contributed by atoms with Crippen molar-refractivity contribution in [1.82, 2.24) is 0 Å². The van der Waals surface area contributed by atoms with Crippen molar-refractivity contribution in [3.8, 4) is 0 Å². The molecule has 0 saturated carbocycles. The van der Waals surface area contributed by atoms with Crippen LogP contribution in [0.15, 0.2) is 46.5 Å². The lowest BCUT2D eigenvalue weighted by Crippen LogP contribution is -1.93. The van der Waals surface area contributed by atoms with E-state index in [-0.39, 0.29) is 0 Å². The van der Waals surface area contributed by atoms with Gasteiger partial charge >= 0.3 is 0 Å². The summed E-state index contributed by atoms with van der Waals surface area (Å²) in [6, 6.07) is 10.1. The minimum Gasteiger partial charge on any atom is -0.0830 e. The normalized spacial score (nSPS) is 16.9. The van der Waals surface area contributed by atoms with Crippen molar-refractivity contribution in [2.24, 2.45) is 0 Å². The van der Waals surface area contributed by atoms with Crippen LogP contribution >= 0.6 is 23.2 Å². The van der Waals surface area contributed by atoms with E-state index >= 15 is 0 Å². The van der Waals surface area contributed by atoms with Gasteiger partial charge in [-0.15, -0.1) is 0 Å². The van der Waals surface area contributed by atoms with Gasteiger partial charge in [-0.3, -0.25) is 0 Å². The fourth-order valence-electron chi connectivity index (χ4n) is 1.47. The maximum absolute atomic E-state index is 6.13.